The van der Waals surface area contributed by atoms with Crippen LogP contribution in [0.3, 0.4) is 0 Å². The zero-order valence-corrected chi connectivity index (χ0v) is 9.26. The van der Waals surface area contributed by atoms with Gasteiger partial charge in [-0.1, -0.05) is 34.3 Å². The highest BCUT2D eigenvalue weighted by molar-refractivity contribution is 5.77. The largest absolute Gasteiger partial charge is 0.320 e. The van der Waals surface area contributed by atoms with E-state index in [1.807, 2.05) is 0 Å². The third-order valence-electron chi connectivity index (χ3n) is 1.69. The Labute approximate surface area is 81.6 Å². The third-order valence-corrected chi connectivity index (χ3v) is 1.69. The van der Waals surface area contributed by atoms with Crippen molar-refractivity contribution < 1.29 is 4.79 Å². The van der Waals surface area contributed by atoms with Gasteiger partial charge >= 0.3 is 0 Å². The van der Waals surface area contributed by atoms with Crippen LogP contribution in [0.5, 0.6) is 0 Å². The van der Waals surface area contributed by atoms with Gasteiger partial charge in [-0.25, -0.2) is 0 Å². The van der Waals surface area contributed by atoms with Gasteiger partial charge in [0.2, 0.25) is 5.91 Å². The Morgan fingerprint density at radius 3 is 2.31 bits per heavy atom. The van der Waals surface area contributed by atoms with Crippen molar-refractivity contribution in [2.45, 2.75) is 40.5 Å². The topological polar surface area (TPSA) is 20.3 Å². The summed E-state index contributed by atoms with van der Waals surface area (Å²) >= 11 is 0. The standard InChI is InChI=1S/C11H21NO/c1-6-8-12(7-2)10(13)9-11(3,4)5/h7H,2,6,8-9H2,1,3-5H3. The molecular formula is C11H21NO. The van der Waals surface area contributed by atoms with Gasteiger partial charge < -0.3 is 4.90 Å². The number of hydrogen-bond acceptors (Lipinski definition) is 1. The van der Waals surface area contributed by atoms with Crippen molar-refractivity contribution in [3.63, 3.8) is 0 Å². The molecule has 0 fully saturated rings. The lowest BCUT2D eigenvalue weighted by Crippen LogP contribution is -2.29. The quantitative estimate of drug-likeness (QED) is 0.656. The summed E-state index contributed by atoms with van der Waals surface area (Å²) in [4.78, 5) is 13.3. The molecule has 76 valence electrons. The minimum atomic E-state index is 0.0616. The number of carbonyl (C=O) groups excluding carboxylic acids is 1. The molecule has 0 spiro atoms. The SMILES string of the molecule is C=CN(CCC)C(=O)CC(C)(C)C. The van der Waals surface area contributed by atoms with Crippen LogP contribution in [0.15, 0.2) is 12.8 Å². The van der Waals surface area contributed by atoms with Crippen LogP contribution in [0.2, 0.25) is 0 Å². The van der Waals surface area contributed by atoms with Crippen LogP contribution in [0.4, 0.5) is 0 Å². The molecule has 0 aromatic rings. The van der Waals surface area contributed by atoms with Crippen molar-refractivity contribution >= 4 is 5.91 Å². The molecule has 0 saturated carbocycles. The molecule has 0 aromatic heterocycles. The van der Waals surface area contributed by atoms with Crippen molar-refractivity contribution in [1.82, 2.24) is 4.90 Å². The van der Waals surface area contributed by atoms with Crippen LogP contribution < -0.4 is 0 Å². The molecule has 0 aliphatic heterocycles. The van der Waals surface area contributed by atoms with E-state index in [0.29, 0.717) is 6.42 Å². The zero-order valence-electron chi connectivity index (χ0n) is 9.26. The molecule has 0 aromatic carbocycles. The van der Waals surface area contributed by atoms with Gasteiger partial charge in [-0.05, 0) is 18.0 Å². The first kappa shape index (κ1) is 12.2. The lowest BCUT2D eigenvalue weighted by atomic mass is 9.91. The Kier molecular flexibility index (Phi) is 4.74. The molecule has 0 N–H and O–H groups in total. The summed E-state index contributed by atoms with van der Waals surface area (Å²) in [5.41, 5.74) is 0.0616. The van der Waals surface area contributed by atoms with E-state index in [2.05, 4.69) is 34.3 Å². The second-order valence-corrected chi connectivity index (χ2v) is 4.51. The fourth-order valence-corrected chi connectivity index (χ4v) is 1.11. The third kappa shape index (κ3) is 5.45. The average Bonchev–Trinajstić information content (AvgIpc) is 1.96. The van der Waals surface area contributed by atoms with E-state index in [-0.39, 0.29) is 11.3 Å². The van der Waals surface area contributed by atoms with Gasteiger partial charge in [-0.2, -0.15) is 0 Å². The minimum absolute atomic E-state index is 0.0616. The van der Waals surface area contributed by atoms with Gasteiger partial charge in [0.05, 0.1) is 0 Å². The van der Waals surface area contributed by atoms with Gasteiger partial charge in [-0.15, -0.1) is 0 Å². The fourth-order valence-electron chi connectivity index (χ4n) is 1.11. The maximum Gasteiger partial charge on any atom is 0.227 e. The molecule has 0 radical (unpaired) electrons. The van der Waals surface area contributed by atoms with Crippen LogP contribution in [0.25, 0.3) is 0 Å². The van der Waals surface area contributed by atoms with Crippen LogP contribution in [-0.2, 0) is 4.79 Å². The van der Waals surface area contributed by atoms with Crippen LogP contribution in [-0.4, -0.2) is 17.4 Å². The zero-order chi connectivity index (χ0) is 10.5. The summed E-state index contributed by atoms with van der Waals surface area (Å²) in [6.45, 7) is 12.7. The molecule has 0 atom stereocenters. The maximum atomic E-state index is 11.6. The molecule has 2 heteroatoms. The van der Waals surface area contributed by atoms with E-state index in [0.717, 1.165) is 13.0 Å². The summed E-state index contributed by atoms with van der Waals surface area (Å²) in [7, 11) is 0. The van der Waals surface area contributed by atoms with Gasteiger partial charge in [0.25, 0.3) is 0 Å². The molecule has 0 saturated heterocycles. The lowest BCUT2D eigenvalue weighted by Gasteiger charge is -2.23. The molecule has 0 heterocycles. The molecule has 0 rings (SSSR count). The first-order valence-corrected chi connectivity index (χ1v) is 4.82. The van der Waals surface area contributed by atoms with Crippen molar-refractivity contribution in [3.05, 3.63) is 12.8 Å². The first-order valence-electron chi connectivity index (χ1n) is 4.82. The van der Waals surface area contributed by atoms with E-state index in [9.17, 15) is 4.79 Å². The number of hydrogen-bond donors (Lipinski definition) is 0. The lowest BCUT2D eigenvalue weighted by molar-refractivity contribution is -0.130. The predicted octanol–water partition coefficient (Wildman–Crippen LogP) is 2.80. The van der Waals surface area contributed by atoms with Gasteiger partial charge in [0.15, 0.2) is 0 Å². The van der Waals surface area contributed by atoms with E-state index in [1.165, 1.54) is 0 Å². The predicted molar refractivity (Wildman–Crippen MR) is 56.3 cm³/mol. The van der Waals surface area contributed by atoms with E-state index in [4.69, 9.17) is 0 Å². The second kappa shape index (κ2) is 5.05. The monoisotopic (exact) mass is 183 g/mol. The summed E-state index contributed by atoms with van der Waals surface area (Å²) in [6.07, 6.45) is 3.18. The Hall–Kier alpha value is -0.790. The van der Waals surface area contributed by atoms with E-state index < -0.39 is 0 Å². The highest BCUT2D eigenvalue weighted by Crippen LogP contribution is 2.19. The Morgan fingerprint density at radius 1 is 1.46 bits per heavy atom. The molecular weight excluding hydrogens is 162 g/mol. The normalized spacial score (nSPS) is 11.1. The average molecular weight is 183 g/mol. The van der Waals surface area contributed by atoms with Crippen molar-refractivity contribution in [2.24, 2.45) is 5.41 Å². The molecule has 13 heavy (non-hydrogen) atoms. The van der Waals surface area contributed by atoms with Crippen molar-refractivity contribution in [2.75, 3.05) is 6.54 Å². The Bertz CT molecular complexity index is 179. The fraction of sp³-hybridized carbons (Fsp3) is 0.727. The summed E-state index contributed by atoms with van der Waals surface area (Å²) in [5.74, 6) is 0.171. The number of nitrogens with zero attached hydrogens (tertiary/aromatic N) is 1. The van der Waals surface area contributed by atoms with Crippen LogP contribution in [0, 0.1) is 5.41 Å². The van der Waals surface area contributed by atoms with Crippen molar-refractivity contribution in [3.8, 4) is 0 Å². The molecule has 0 unspecified atom stereocenters. The number of carbonyl (C=O) groups is 1. The Morgan fingerprint density at radius 2 is 2.00 bits per heavy atom. The minimum Gasteiger partial charge on any atom is -0.320 e. The first-order chi connectivity index (χ1) is 5.90. The van der Waals surface area contributed by atoms with E-state index in [1.54, 1.807) is 11.1 Å². The summed E-state index contributed by atoms with van der Waals surface area (Å²) in [6, 6.07) is 0. The van der Waals surface area contributed by atoms with Crippen molar-refractivity contribution in [1.29, 1.82) is 0 Å². The van der Waals surface area contributed by atoms with Gasteiger partial charge in [-0.3, -0.25) is 4.79 Å². The molecule has 0 aliphatic carbocycles. The number of rotatable bonds is 4. The van der Waals surface area contributed by atoms with Gasteiger partial charge in [0, 0.05) is 13.0 Å². The maximum absolute atomic E-state index is 11.6. The molecule has 1 amide bonds. The molecule has 0 bridgehead atoms. The number of amides is 1. The molecule has 0 aliphatic rings. The summed E-state index contributed by atoms with van der Waals surface area (Å²) in [5, 5.41) is 0. The van der Waals surface area contributed by atoms with Crippen LogP contribution >= 0.6 is 0 Å². The highest BCUT2D eigenvalue weighted by atomic mass is 16.2. The Balaban J connectivity index is 4.14. The summed E-state index contributed by atoms with van der Waals surface area (Å²) < 4.78 is 0. The smallest absolute Gasteiger partial charge is 0.227 e. The van der Waals surface area contributed by atoms with E-state index >= 15 is 0 Å². The van der Waals surface area contributed by atoms with Gasteiger partial charge in [0.1, 0.15) is 0 Å². The second-order valence-electron chi connectivity index (χ2n) is 4.51. The van der Waals surface area contributed by atoms with Crippen LogP contribution in [0.1, 0.15) is 40.5 Å². The molecule has 2 nitrogen and oxygen atoms in total. The highest BCUT2D eigenvalue weighted by Gasteiger charge is 2.18.